The molecule has 0 atom stereocenters. The molecule has 0 saturated heterocycles. The van der Waals surface area contributed by atoms with Gasteiger partial charge in [-0.05, 0) is 25.1 Å². The summed E-state index contributed by atoms with van der Waals surface area (Å²) in [7, 11) is 3.33. The summed E-state index contributed by atoms with van der Waals surface area (Å²) < 4.78 is 9.82. The smallest absolute Gasteiger partial charge is 0.374 e. The average molecular weight is 254 g/mol. The Morgan fingerprint density at radius 1 is 1.56 bits per heavy atom. The third-order valence-corrected chi connectivity index (χ3v) is 2.81. The fourth-order valence-corrected chi connectivity index (χ4v) is 1.87. The molecule has 0 saturated carbocycles. The Kier molecular flexibility index (Phi) is 4.93. The van der Waals surface area contributed by atoms with Crippen LogP contribution in [-0.4, -0.2) is 38.1 Å². The fourth-order valence-electron chi connectivity index (χ4n) is 1.87. The van der Waals surface area contributed by atoms with Crippen LogP contribution in [0.5, 0.6) is 0 Å². The first-order valence-corrected chi connectivity index (χ1v) is 5.93. The fraction of sp³-hybridized carbons (Fsp3) is 0.615. The van der Waals surface area contributed by atoms with Crippen molar-refractivity contribution in [2.45, 2.75) is 20.4 Å². The van der Waals surface area contributed by atoms with E-state index >= 15 is 0 Å². The quantitative estimate of drug-likeness (QED) is 0.779. The Morgan fingerprint density at radius 2 is 2.22 bits per heavy atom. The highest BCUT2D eigenvalue weighted by atomic mass is 16.5. The predicted octanol–water partition coefficient (Wildman–Crippen LogP) is 1.48. The number of carbonyl (C=O) groups is 1. The molecule has 0 unspecified atom stereocenters. The molecule has 0 aliphatic rings. The number of rotatable bonds is 6. The maximum atomic E-state index is 11.5. The lowest BCUT2D eigenvalue weighted by atomic mass is 9.93. The summed E-state index contributed by atoms with van der Waals surface area (Å²) >= 11 is 0. The number of ether oxygens (including phenoxy) is 1. The molecule has 2 N–H and O–H groups in total. The van der Waals surface area contributed by atoms with Gasteiger partial charge in [-0.2, -0.15) is 0 Å². The number of furan rings is 1. The van der Waals surface area contributed by atoms with Crippen LogP contribution in [0.3, 0.4) is 0 Å². The number of nitrogens with two attached hydrogens (primary N) is 1. The van der Waals surface area contributed by atoms with Gasteiger partial charge in [0.05, 0.1) is 13.4 Å². The van der Waals surface area contributed by atoms with Crippen molar-refractivity contribution in [2.24, 2.45) is 11.1 Å². The summed E-state index contributed by atoms with van der Waals surface area (Å²) in [5.41, 5.74) is 6.58. The van der Waals surface area contributed by atoms with Crippen molar-refractivity contribution in [3.8, 4) is 0 Å². The van der Waals surface area contributed by atoms with E-state index in [0.717, 1.165) is 12.1 Å². The molecule has 0 bridgehead atoms. The van der Waals surface area contributed by atoms with Crippen LogP contribution in [0.1, 0.15) is 30.0 Å². The zero-order valence-electron chi connectivity index (χ0n) is 11.5. The van der Waals surface area contributed by atoms with Crippen molar-refractivity contribution in [3.63, 3.8) is 0 Å². The zero-order chi connectivity index (χ0) is 13.8. The van der Waals surface area contributed by atoms with Crippen LogP contribution in [0.25, 0.3) is 0 Å². The average Bonchev–Trinajstić information content (AvgIpc) is 2.75. The van der Waals surface area contributed by atoms with Crippen molar-refractivity contribution < 1.29 is 13.9 Å². The number of carbonyl (C=O) groups excluding carboxylic acids is 1. The molecule has 0 aliphatic heterocycles. The first-order chi connectivity index (χ1) is 8.39. The second-order valence-corrected chi connectivity index (χ2v) is 5.31. The lowest BCUT2D eigenvalue weighted by Gasteiger charge is -2.28. The first kappa shape index (κ1) is 14.7. The number of methoxy groups -OCH3 is 1. The van der Waals surface area contributed by atoms with Crippen LogP contribution in [-0.2, 0) is 11.3 Å². The van der Waals surface area contributed by atoms with Gasteiger partial charge < -0.3 is 19.8 Å². The predicted molar refractivity (Wildman–Crippen MR) is 69.2 cm³/mol. The van der Waals surface area contributed by atoms with Crippen LogP contribution < -0.4 is 5.73 Å². The normalized spacial score (nSPS) is 11.9. The standard InChI is InChI=1S/C13H22N2O3/c1-13(2,8-14)9-15(3)7-10-5-6-18-11(10)12(16)17-4/h5-6H,7-9,14H2,1-4H3. The monoisotopic (exact) mass is 254 g/mol. The Bertz CT molecular complexity index is 399. The Hall–Kier alpha value is -1.33. The Labute approximate surface area is 108 Å². The molecule has 0 spiro atoms. The second-order valence-electron chi connectivity index (χ2n) is 5.31. The van der Waals surface area contributed by atoms with Crippen LogP contribution in [0.15, 0.2) is 16.7 Å². The van der Waals surface area contributed by atoms with E-state index in [1.807, 2.05) is 7.05 Å². The second kappa shape index (κ2) is 6.02. The number of nitrogens with zero attached hydrogens (tertiary/aromatic N) is 1. The minimum Gasteiger partial charge on any atom is -0.463 e. The van der Waals surface area contributed by atoms with Gasteiger partial charge in [0, 0.05) is 18.7 Å². The molecular weight excluding hydrogens is 232 g/mol. The molecular formula is C13H22N2O3. The van der Waals surface area contributed by atoms with E-state index in [-0.39, 0.29) is 11.2 Å². The van der Waals surface area contributed by atoms with Crippen LogP contribution in [0.4, 0.5) is 0 Å². The van der Waals surface area contributed by atoms with E-state index in [9.17, 15) is 4.79 Å². The van der Waals surface area contributed by atoms with E-state index in [1.165, 1.54) is 13.4 Å². The summed E-state index contributed by atoms with van der Waals surface area (Å²) in [6, 6.07) is 1.79. The highest BCUT2D eigenvalue weighted by Crippen LogP contribution is 2.18. The van der Waals surface area contributed by atoms with Crippen LogP contribution >= 0.6 is 0 Å². The van der Waals surface area contributed by atoms with Gasteiger partial charge in [0.15, 0.2) is 0 Å². The molecule has 0 aliphatic carbocycles. The molecule has 1 rings (SSSR count). The molecule has 1 heterocycles. The third kappa shape index (κ3) is 3.85. The van der Waals surface area contributed by atoms with Crippen molar-refractivity contribution in [1.82, 2.24) is 4.90 Å². The molecule has 0 fully saturated rings. The van der Waals surface area contributed by atoms with Gasteiger partial charge in [-0.25, -0.2) is 4.79 Å². The SMILES string of the molecule is COC(=O)c1occc1CN(C)CC(C)(C)CN. The van der Waals surface area contributed by atoms with Crippen molar-refractivity contribution >= 4 is 5.97 Å². The van der Waals surface area contributed by atoms with Gasteiger partial charge in [0.2, 0.25) is 5.76 Å². The van der Waals surface area contributed by atoms with Crippen LogP contribution in [0, 0.1) is 5.41 Å². The zero-order valence-corrected chi connectivity index (χ0v) is 11.5. The molecule has 18 heavy (non-hydrogen) atoms. The molecule has 0 radical (unpaired) electrons. The van der Waals surface area contributed by atoms with Gasteiger partial charge in [-0.15, -0.1) is 0 Å². The minimum absolute atomic E-state index is 0.0455. The molecule has 5 heteroatoms. The Morgan fingerprint density at radius 3 is 2.78 bits per heavy atom. The lowest BCUT2D eigenvalue weighted by Crippen LogP contribution is -2.36. The highest BCUT2D eigenvalue weighted by Gasteiger charge is 2.21. The van der Waals surface area contributed by atoms with Crippen molar-refractivity contribution in [1.29, 1.82) is 0 Å². The summed E-state index contributed by atoms with van der Waals surface area (Å²) in [6.45, 7) is 6.31. The largest absolute Gasteiger partial charge is 0.463 e. The van der Waals surface area contributed by atoms with Gasteiger partial charge in [0.25, 0.3) is 0 Å². The summed E-state index contributed by atoms with van der Waals surface area (Å²) in [5, 5.41) is 0. The summed E-state index contributed by atoms with van der Waals surface area (Å²) in [4.78, 5) is 13.6. The maximum Gasteiger partial charge on any atom is 0.374 e. The topological polar surface area (TPSA) is 68.7 Å². The van der Waals surface area contributed by atoms with E-state index in [2.05, 4.69) is 23.5 Å². The van der Waals surface area contributed by atoms with Gasteiger partial charge >= 0.3 is 5.97 Å². The van der Waals surface area contributed by atoms with E-state index in [1.54, 1.807) is 6.07 Å². The van der Waals surface area contributed by atoms with Crippen molar-refractivity contribution in [2.75, 3.05) is 27.2 Å². The van der Waals surface area contributed by atoms with Gasteiger partial charge in [0.1, 0.15) is 0 Å². The molecule has 0 amide bonds. The number of esters is 1. The number of hydrogen-bond acceptors (Lipinski definition) is 5. The van der Waals surface area contributed by atoms with Gasteiger partial charge in [-0.3, -0.25) is 0 Å². The molecule has 102 valence electrons. The highest BCUT2D eigenvalue weighted by molar-refractivity contribution is 5.87. The third-order valence-electron chi connectivity index (χ3n) is 2.81. The molecule has 1 aromatic rings. The van der Waals surface area contributed by atoms with Gasteiger partial charge in [-0.1, -0.05) is 13.8 Å². The Balaban J connectivity index is 2.68. The molecule has 5 nitrogen and oxygen atoms in total. The molecule has 1 aromatic heterocycles. The first-order valence-electron chi connectivity index (χ1n) is 5.93. The summed E-state index contributed by atoms with van der Waals surface area (Å²) in [5.74, 6) is -0.170. The van der Waals surface area contributed by atoms with Crippen LogP contribution in [0.2, 0.25) is 0 Å². The minimum atomic E-state index is -0.443. The van der Waals surface area contributed by atoms with E-state index in [0.29, 0.717) is 13.1 Å². The molecule has 0 aromatic carbocycles. The van der Waals surface area contributed by atoms with Crippen molar-refractivity contribution in [3.05, 3.63) is 23.7 Å². The maximum absolute atomic E-state index is 11.5. The van der Waals surface area contributed by atoms with E-state index < -0.39 is 5.97 Å². The number of hydrogen-bond donors (Lipinski definition) is 1. The van der Waals surface area contributed by atoms with E-state index in [4.69, 9.17) is 10.2 Å². The summed E-state index contributed by atoms with van der Waals surface area (Å²) in [6.07, 6.45) is 1.50. The lowest BCUT2D eigenvalue weighted by molar-refractivity contribution is 0.0561.